The van der Waals surface area contributed by atoms with Gasteiger partial charge in [-0.05, 0) is 48.9 Å². The summed E-state index contributed by atoms with van der Waals surface area (Å²) < 4.78 is 1.53. The molecule has 0 radical (unpaired) electrons. The van der Waals surface area contributed by atoms with E-state index in [4.69, 9.17) is 23.2 Å². The SMILES string of the molecule is Cc1ccccc1-n1c(SCC(=O)Nc2cccnc2Cl)nc2cc(Cl)ccc2c1=O. The van der Waals surface area contributed by atoms with E-state index >= 15 is 0 Å². The van der Waals surface area contributed by atoms with Gasteiger partial charge in [-0.2, -0.15) is 0 Å². The van der Waals surface area contributed by atoms with Crippen molar-refractivity contribution in [2.75, 3.05) is 11.1 Å². The molecule has 0 aliphatic heterocycles. The molecule has 4 rings (SSSR count). The van der Waals surface area contributed by atoms with Crippen LogP contribution in [0, 0.1) is 6.92 Å². The summed E-state index contributed by atoms with van der Waals surface area (Å²) in [5, 5.41) is 4.24. The molecule has 1 N–H and O–H groups in total. The third-order valence-corrected chi connectivity index (χ3v) is 6.00. The van der Waals surface area contributed by atoms with Crippen LogP contribution in [0.3, 0.4) is 0 Å². The van der Waals surface area contributed by atoms with Gasteiger partial charge in [0, 0.05) is 11.2 Å². The summed E-state index contributed by atoms with van der Waals surface area (Å²) >= 11 is 13.3. The summed E-state index contributed by atoms with van der Waals surface area (Å²) in [5.41, 5.74) is 2.28. The summed E-state index contributed by atoms with van der Waals surface area (Å²) in [6, 6.07) is 15.8. The fourth-order valence-electron chi connectivity index (χ4n) is 3.06. The van der Waals surface area contributed by atoms with Crippen LogP contribution >= 0.6 is 35.0 Å². The number of pyridine rings is 1. The van der Waals surface area contributed by atoms with E-state index in [1.54, 1.807) is 30.3 Å². The largest absolute Gasteiger partial charge is 0.323 e. The molecule has 156 valence electrons. The maximum atomic E-state index is 13.3. The molecule has 0 saturated heterocycles. The Balaban J connectivity index is 1.73. The zero-order valence-electron chi connectivity index (χ0n) is 16.3. The number of anilines is 1. The fourth-order valence-corrected chi connectivity index (χ4v) is 4.20. The zero-order valence-corrected chi connectivity index (χ0v) is 18.6. The maximum absolute atomic E-state index is 13.3. The highest BCUT2D eigenvalue weighted by Crippen LogP contribution is 2.25. The minimum absolute atomic E-state index is 0.0234. The van der Waals surface area contributed by atoms with E-state index in [0.717, 1.165) is 17.3 Å². The van der Waals surface area contributed by atoms with E-state index in [1.807, 2.05) is 31.2 Å². The topological polar surface area (TPSA) is 76.9 Å². The molecular formula is C22H16Cl2N4O2S. The van der Waals surface area contributed by atoms with Gasteiger partial charge in [0.25, 0.3) is 5.56 Å². The molecule has 1 amide bonds. The van der Waals surface area contributed by atoms with E-state index in [1.165, 1.54) is 10.8 Å². The number of fused-ring (bicyclic) bond motifs is 1. The number of nitrogens with zero attached hydrogens (tertiary/aromatic N) is 3. The number of aryl methyl sites for hydroxylation is 1. The average molecular weight is 471 g/mol. The molecule has 0 aliphatic rings. The first-order valence-corrected chi connectivity index (χ1v) is 11.0. The number of hydrogen-bond acceptors (Lipinski definition) is 5. The lowest BCUT2D eigenvalue weighted by molar-refractivity contribution is -0.113. The maximum Gasteiger partial charge on any atom is 0.266 e. The van der Waals surface area contributed by atoms with Gasteiger partial charge in [-0.25, -0.2) is 9.97 Å². The van der Waals surface area contributed by atoms with Crippen LogP contribution in [0.5, 0.6) is 0 Å². The van der Waals surface area contributed by atoms with Crippen molar-refractivity contribution in [2.24, 2.45) is 0 Å². The first kappa shape index (κ1) is 21.4. The van der Waals surface area contributed by atoms with Crippen LogP contribution in [0.15, 0.2) is 70.7 Å². The molecule has 4 aromatic rings. The molecule has 6 nitrogen and oxygen atoms in total. The number of hydrogen-bond donors (Lipinski definition) is 1. The average Bonchev–Trinajstić information content (AvgIpc) is 2.74. The number of benzene rings is 2. The molecule has 0 atom stereocenters. The Morgan fingerprint density at radius 2 is 1.94 bits per heavy atom. The van der Waals surface area contributed by atoms with E-state index in [-0.39, 0.29) is 22.4 Å². The van der Waals surface area contributed by atoms with Crippen LogP contribution in [0.1, 0.15) is 5.56 Å². The van der Waals surface area contributed by atoms with E-state index in [0.29, 0.717) is 32.5 Å². The van der Waals surface area contributed by atoms with Crippen LogP contribution < -0.4 is 10.9 Å². The molecule has 0 spiro atoms. The number of para-hydroxylation sites is 1. The molecule has 2 aromatic heterocycles. The number of carbonyl (C=O) groups is 1. The van der Waals surface area contributed by atoms with E-state index < -0.39 is 0 Å². The Hall–Kier alpha value is -2.87. The zero-order chi connectivity index (χ0) is 22.0. The second-order valence-electron chi connectivity index (χ2n) is 6.66. The molecule has 31 heavy (non-hydrogen) atoms. The molecule has 2 heterocycles. The standard InChI is InChI=1S/C22H16Cl2N4O2S/c1-13-5-2-3-7-18(13)28-21(30)15-9-8-14(23)11-17(15)27-22(28)31-12-19(29)26-16-6-4-10-25-20(16)24/h2-11H,12H2,1H3,(H,26,29). The van der Waals surface area contributed by atoms with Crippen molar-refractivity contribution in [1.29, 1.82) is 0 Å². The van der Waals surface area contributed by atoms with E-state index in [9.17, 15) is 9.59 Å². The molecule has 0 saturated carbocycles. The van der Waals surface area contributed by atoms with E-state index in [2.05, 4.69) is 15.3 Å². The normalized spacial score (nSPS) is 10.9. The third kappa shape index (κ3) is 4.58. The molecule has 0 aliphatic carbocycles. The minimum atomic E-state index is -0.295. The van der Waals surface area contributed by atoms with Crippen LogP contribution in [0.2, 0.25) is 10.2 Å². The number of thioether (sulfide) groups is 1. The van der Waals surface area contributed by atoms with Crippen molar-refractivity contribution >= 4 is 57.5 Å². The van der Waals surface area contributed by atoms with Gasteiger partial charge in [0.2, 0.25) is 5.91 Å². The summed E-state index contributed by atoms with van der Waals surface area (Å²) in [7, 11) is 0. The van der Waals surface area contributed by atoms with Crippen molar-refractivity contribution < 1.29 is 4.79 Å². The van der Waals surface area contributed by atoms with Gasteiger partial charge >= 0.3 is 0 Å². The van der Waals surface area contributed by atoms with Crippen molar-refractivity contribution in [3.05, 3.63) is 86.9 Å². The van der Waals surface area contributed by atoms with Gasteiger partial charge in [-0.1, -0.05) is 53.2 Å². The first-order valence-electron chi connectivity index (χ1n) is 9.25. The molecule has 2 aromatic carbocycles. The van der Waals surface area contributed by atoms with Crippen LogP contribution in [0.25, 0.3) is 16.6 Å². The number of rotatable bonds is 5. The number of carbonyl (C=O) groups excluding carboxylic acids is 1. The van der Waals surface area contributed by atoms with Gasteiger partial charge in [0.15, 0.2) is 10.3 Å². The Morgan fingerprint density at radius 3 is 2.71 bits per heavy atom. The third-order valence-electron chi connectivity index (χ3n) is 4.52. The predicted octanol–water partition coefficient (Wildman–Crippen LogP) is 5.13. The lowest BCUT2D eigenvalue weighted by Crippen LogP contribution is -2.23. The Labute approximate surface area is 192 Å². The summed E-state index contributed by atoms with van der Waals surface area (Å²) in [6.07, 6.45) is 1.54. The van der Waals surface area contributed by atoms with Crippen molar-refractivity contribution in [2.45, 2.75) is 12.1 Å². The minimum Gasteiger partial charge on any atom is -0.323 e. The van der Waals surface area contributed by atoms with Gasteiger partial charge in [0.1, 0.15) is 0 Å². The van der Waals surface area contributed by atoms with Crippen molar-refractivity contribution in [3.63, 3.8) is 0 Å². The number of aromatic nitrogens is 3. The Morgan fingerprint density at radius 1 is 1.13 bits per heavy atom. The van der Waals surface area contributed by atoms with Gasteiger partial charge in [0.05, 0.1) is 28.0 Å². The van der Waals surface area contributed by atoms with Gasteiger partial charge < -0.3 is 5.32 Å². The number of amides is 1. The Kier molecular flexibility index (Phi) is 6.27. The lowest BCUT2D eigenvalue weighted by atomic mass is 10.2. The highest BCUT2D eigenvalue weighted by Gasteiger charge is 2.17. The number of nitrogens with one attached hydrogen (secondary N) is 1. The summed E-state index contributed by atoms with van der Waals surface area (Å²) in [5.74, 6) is -0.271. The quantitative estimate of drug-likeness (QED) is 0.248. The highest BCUT2D eigenvalue weighted by molar-refractivity contribution is 7.99. The van der Waals surface area contributed by atoms with Gasteiger partial charge in [-0.3, -0.25) is 14.2 Å². The monoisotopic (exact) mass is 470 g/mol. The fraction of sp³-hybridized carbons (Fsp3) is 0.0909. The van der Waals surface area contributed by atoms with Gasteiger partial charge in [-0.15, -0.1) is 0 Å². The van der Waals surface area contributed by atoms with Crippen molar-refractivity contribution in [1.82, 2.24) is 14.5 Å². The smallest absolute Gasteiger partial charge is 0.266 e. The second-order valence-corrected chi connectivity index (χ2v) is 8.40. The second kappa shape index (κ2) is 9.09. The highest BCUT2D eigenvalue weighted by atomic mass is 35.5. The molecule has 0 unspecified atom stereocenters. The molecular weight excluding hydrogens is 455 g/mol. The lowest BCUT2D eigenvalue weighted by Gasteiger charge is -2.15. The van der Waals surface area contributed by atoms with Crippen LogP contribution in [0.4, 0.5) is 5.69 Å². The summed E-state index contributed by atoms with van der Waals surface area (Å²) in [4.78, 5) is 34.4. The molecule has 0 fully saturated rings. The summed E-state index contributed by atoms with van der Waals surface area (Å²) in [6.45, 7) is 1.92. The van der Waals surface area contributed by atoms with Crippen molar-refractivity contribution in [3.8, 4) is 5.69 Å². The van der Waals surface area contributed by atoms with Crippen LogP contribution in [-0.4, -0.2) is 26.2 Å². The first-order chi connectivity index (χ1) is 14.9. The Bertz CT molecular complexity index is 1360. The number of halogens is 2. The van der Waals surface area contributed by atoms with Crippen LogP contribution in [-0.2, 0) is 4.79 Å². The molecule has 9 heteroatoms. The predicted molar refractivity (Wildman–Crippen MR) is 126 cm³/mol. The molecule has 0 bridgehead atoms.